The van der Waals surface area contributed by atoms with Crippen LogP contribution in [0.5, 0.6) is 0 Å². The van der Waals surface area contributed by atoms with Crippen molar-refractivity contribution < 1.29 is 9.59 Å². The van der Waals surface area contributed by atoms with Crippen LogP contribution in [0.25, 0.3) is 10.2 Å². The standard InChI is InChI=1S/C25H28ClN5O3S/c1-17-4-5-21(26)20(13-17)25(34)29-10-8-28(9-11-29)18-3-2-7-30(14-18)22(32)15-31-16-27-23-19(24(31)33)6-12-35-23/h4-6,12-13,16,18H,2-3,7-11,14-15H2,1H3. The van der Waals surface area contributed by atoms with Gasteiger partial charge in [0.05, 0.1) is 22.3 Å². The van der Waals surface area contributed by atoms with Gasteiger partial charge in [0.25, 0.3) is 11.5 Å². The molecule has 2 saturated heterocycles. The SMILES string of the molecule is Cc1ccc(Cl)c(C(=O)N2CCN(C3CCCN(C(=O)Cn4cnc5sccc5c4=O)C3)CC2)c1. The second-order valence-corrected chi connectivity index (χ2v) is 10.6. The summed E-state index contributed by atoms with van der Waals surface area (Å²) in [5, 5.41) is 2.88. The van der Waals surface area contributed by atoms with Crippen molar-refractivity contribution in [2.45, 2.75) is 32.4 Å². The smallest absolute Gasteiger partial charge is 0.262 e. The topological polar surface area (TPSA) is 78.8 Å². The number of nitrogens with zero attached hydrogens (tertiary/aromatic N) is 5. The van der Waals surface area contributed by atoms with Crippen LogP contribution in [0.4, 0.5) is 0 Å². The van der Waals surface area contributed by atoms with E-state index in [1.54, 1.807) is 12.1 Å². The highest BCUT2D eigenvalue weighted by Crippen LogP contribution is 2.22. The summed E-state index contributed by atoms with van der Waals surface area (Å²) in [5.74, 6) is -0.0866. The Labute approximate surface area is 212 Å². The van der Waals surface area contributed by atoms with Crippen molar-refractivity contribution in [1.29, 1.82) is 0 Å². The monoisotopic (exact) mass is 513 g/mol. The third-order valence-corrected chi connectivity index (χ3v) is 8.13. The number of hydrogen-bond donors (Lipinski definition) is 0. The lowest BCUT2D eigenvalue weighted by molar-refractivity contribution is -0.134. The minimum absolute atomic E-state index is 0.00384. The van der Waals surface area contributed by atoms with Crippen molar-refractivity contribution in [1.82, 2.24) is 24.3 Å². The van der Waals surface area contributed by atoms with Crippen LogP contribution in [0.1, 0.15) is 28.8 Å². The van der Waals surface area contributed by atoms with E-state index in [-0.39, 0.29) is 30.0 Å². The number of carbonyl (C=O) groups excluding carboxylic acids is 2. The quantitative estimate of drug-likeness (QED) is 0.536. The van der Waals surface area contributed by atoms with Crippen LogP contribution in [-0.2, 0) is 11.3 Å². The van der Waals surface area contributed by atoms with Crippen molar-refractivity contribution in [2.75, 3.05) is 39.3 Å². The third kappa shape index (κ3) is 4.98. The third-order valence-electron chi connectivity index (χ3n) is 6.98. The Kier molecular flexibility index (Phi) is 6.91. The number of piperazine rings is 1. The molecule has 2 fully saturated rings. The molecule has 4 heterocycles. The van der Waals surface area contributed by atoms with E-state index in [9.17, 15) is 14.4 Å². The summed E-state index contributed by atoms with van der Waals surface area (Å²) < 4.78 is 1.40. The van der Waals surface area contributed by atoms with Gasteiger partial charge in [-0.15, -0.1) is 11.3 Å². The lowest BCUT2D eigenvalue weighted by Crippen LogP contribution is -2.57. The second-order valence-electron chi connectivity index (χ2n) is 9.26. The molecule has 0 spiro atoms. The van der Waals surface area contributed by atoms with E-state index in [1.807, 2.05) is 34.2 Å². The fourth-order valence-corrected chi connectivity index (χ4v) is 5.92. The molecule has 0 radical (unpaired) electrons. The zero-order chi connectivity index (χ0) is 24.5. The molecule has 184 valence electrons. The Morgan fingerprint density at radius 3 is 2.71 bits per heavy atom. The number of benzene rings is 1. The molecular formula is C25H28ClN5O3S. The average Bonchev–Trinajstić information content (AvgIpc) is 3.37. The zero-order valence-electron chi connectivity index (χ0n) is 19.7. The van der Waals surface area contributed by atoms with Crippen molar-refractivity contribution >= 4 is 45.0 Å². The van der Waals surface area contributed by atoms with Crippen LogP contribution < -0.4 is 5.56 Å². The number of aromatic nitrogens is 2. The fraction of sp³-hybridized carbons (Fsp3) is 0.440. The maximum Gasteiger partial charge on any atom is 0.262 e. The van der Waals surface area contributed by atoms with Gasteiger partial charge in [0.2, 0.25) is 5.91 Å². The number of piperidine rings is 1. The van der Waals surface area contributed by atoms with Crippen LogP contribution in [0.2, 0.25) is 5.02 Å². The van der Waals surface area contributed by atoms with E-state index in [1.165, 1.54) is 22.2 Å². The number of rotatable bonds is 4. The predicted octanol–water partition coefficient (Wildman–Crippen LogP) is 2.87. The predicted molar refractivity (Wildman–Crippen MR) is 137 cm³/mol. The summed E-state index contributed by atoms with van der Waals surface area (Å²) in [5.41, 5.74) is 1.39. The number of hydrogen-bond acceptors (Lipinski definition) is 6. The lowest BCUT2D eigenvalue weighted by atomic mass is 10.0. The van der Waals surface area contributed by atoms with Crippen molar-refractivity contribution in [3.05, 3.63) is 62.5 Å². The molecule has 0 N–H and O–H groups in total. The molecule has 1 atom stereocenters. The van der Waals surface area contributed by atoms with E-state index < -0.39 is 0 Å². The van der Waals surface area contributed by atoms with Crippen molar-refractivity contribution in [2.24, 2.45) is 0 Å². The molecule has 2 aliphatic heterocycles. The molecule has 1 aromatic carbocycles. The minimum atomic E-state index is -0.173. The minimum Gasteiger partial charge on any atom is -0.340 e. The molecule has 5 rings (SSSR count). The maximum atomic E-state index is 13.0. The fourth-order valence-electron chi connectivity index (χ4n) is 4.99. The Morgan fingerprint density at radius 2 is 1.91 bits per heavy atom. The summed E-state index contributed by atoms with van der Waals surface area (Å²) in [4.78, 5) is 49.8. The molecule has 2 aromatic heterocycles. The number of amides is 2. The molecular weight excluding hydrogens is 486 g/mol. The first-order chi connectivity index (χ1) is 16.9. The number of likely N-dealkylation sites (tertiary alicyclic amines) is 1. The summed E-state index contributed by atoms with van der Waals surface area (Å²) >= 11 is 7.70. The molecule has 35 heavy (non-hydrogen) atoms. The summed E-state index contributed by atoms with van der Waals surface area (Å²) in [6.07, 6.45) is 3.41. The highest BCUT2D eigenvalue weighted by atomic mass is 35.5. The van der Waals surface area contributed by atoms with Crippen LogP contribution in [0.3, 0.4) is 0 Å². The molecule has 3 aromatic rings. The number of thiophene rings is 1. The first kappa shape index (κ1) is 24.0. The summed E-state index contributed by atoms with van der Waals surface area (Å²) in [6, 6.07) is 7.53. The normalized spacial score (nSPS) is 19.3. The zero-order valence-corrected chi connectivity index (χ0v) is 21.2. The molecule has 2 aliphatic rings. The van der Waals surface area contributed by atoms with Crippen molar-refractivity contribution in [3.63, 3.8) is 0 Å². The van der Waals surface area contributed by atoms with Gasteiger partial charge in [-0.2, -0.15) is 0 Å². The van der Waals surface area contributed by atoms with Gasteiger partial charge < -0.3 is 9.80 Å². The summed E-state index contributed by atoms with van der Waals surface area (Å²) in [6.45, 7) is 6.09. The van der Waals surface area contributed by atoms with Gasteiger partial charge in [-0.1, -0.05) is 23.2 Å². The molecule has 1 unspecified atom stereocenters. The molecule has 10 heteroatoms. The van der Waals surface area contributed by atoms with E-state index in [4.69, 9.17) is 11.6 Å². The number of carbonyl (C=O) groups is 2. The van der Waals surface area contributed by atoms with E-state index >= 15 is 0 Å². The Balaban J connectivity index is 1.18. The van der Waals surface area contributed by atoms with E-state index in [2.05, 4.69) is 9.88 Å². The number of fused-ring (bicyclic) bond motifs is 1. The van der Waals surface area contributed by atoms with Crippen LogP contribution >= 0.6 is 22.9 Å². The molecule has 8 nitrogen and oxygen atoms in total. The highest BCUT2D eigenvalue weighted by Gasteiger charge is 2.31. The van der Waals surface area contributed by atoms with Gasteiger partial charge in [-0.05, 0) is 43.3 Å². The summed E-state index contributed by atoms with van der Waals surface area (Å²) in [7, 11) is 0. The van der Waals surface area contributed by atoms with Gasteiger partial charge in [0.1, 0.15) is 11.4 Å². The second kappa shape index (κ2) is 10.1. The average molecular weight is 514 g/mol. The van der Waals surface area contributed by atoms with Gasteiger partial charge in [-0.25, -0.2) is 4.98 Å². The Morgan fingerprint density at radius 1 is 1.11 bits per heavy atom. The van der Waals surface area contributed by atoms with Gasteiger partial charge in [0.15, 0.2) is 0 Å². The molecule has 0 bridgehead atoms. The largest absolute Gasteiger partial charge is 0.340 e. The lowest BCUT2D eigenvalue weighted by Gasteiger charge is -2.43. The van der Waals surface area contributed by atoms with Gasteiger partial charge in [-0.3, -0.25) is 23.9 Å². The maximum absolute atomic E-state index is 13.0. The van der Waals surface area contributed by atoms with Crippen LogP contribution in [-0.4, -0.2) is 81.4 Å². The molecule has 2 amide bonds. The molecule has 0 aliphatic carbocycles. The van der Waals surface area contributed by atoms with E-state index in [0.717, 1.165) is 31.5 Å². The van der Waals surface area contributed by atoms with Crippen LogP contribution in [0.15, 0.2) is 40.8 Å². The first-order valence-electron chi connectivity index (χ1n) is 11.9. The van der Waals surface area contributed by atoms with Crippen LogP contribution in [0, 0.1) is 6.92 Å². The first-order valence-corrected chi connectivity index (χ1v) is 13.2. The number of halogens is 1. The van der Waals surface area contributed by atoms with Crippen molar-refractivity contribution in [3.8, 4) is 0 Å². The Bertz CT molecular complexity index is 1310. The highest BCUT2D eigenvalue weighted by molar-refractivity contribution is 7.16. The molecule has 0 saturated carbocycles. The Hall–Kier alpha value is -2.75. The van der Waals surface area contributed by atoms with Gasteiger partial charge >= 0.3 is 0 Å². The van der Waals surface area contributed by atoms with E-state index in [0.29, 0.717) is 47.0 Å². The van der Waals surface area contributed by atoms with Gasteiger partial charge in [0, 0.05) is 45.3 Å². The number of aryl methyl sites for hydroxylation is 1.